The second-order valence-electron chi connectivity index (χ2n) is 6.13. The lowest BCUT2D eigenvalue weighted by atomic mass is 10.00. The molecule has 1 aliphatic carbocycles. The van der Waals surface area contributed by atoms with Crippen molar-refractivity contribution in [3.8, 4) is 11.1 Å². The maximum Gasteiger partial charge on any atom is 0.262 e. The number of amides is 1. The molecule has 1 aliphatic heterocycles. The van der Waals surface area contributed by atoms with Gasteiger partial charge in [-0.3, -0.25) is 9.78 Å². The third-order valence-corrected chi connectivity index (χ3v) is 4.73. The number of carbonyl (C=O) groups is 1. The van der Waals surface area contributed by atoms with Crippen molar-refractivity contribution in [1.82, 2.24) is 14.9 Å². The van der Waals surface area contributed by atoms with Gasteiger partial charge in [0, 0.05) is 29.0 Å². The second-order valence-corrected chi connectivity index (χ2v) is 6.13. The van der Waals surface area contributed by atoms with Gasteiger partial charge in [-0.2, -0.15) is 0 Å². The number of carbonyl (C=O) groups excluding carboxylic acids is 1. The number of fused-ring (bicyclic) bond motifs is 2. The molecule has 3 heterocycles. The minimum absolute atomic E-state index is 0.0770. The van der Waals surface area contributed by atoms with E-state index in [0.717, 1.165) is 33.4 Å². The maximum absolute atomic E-state index is 12.8. The molecule has 1 aromatic carbocycles. The Morgan fingerprint density at radius 2 is 1.92 bits per heavy atom. The number of rotatable bonds is 2. The van der Waals surface area contributed by atoms with Gasteiger partial charge >= 0.3 is 0 Å². The summed E-state index contributed by atoms with van der Waals surface area (Å²) in [6, 6.07) is 9.77. The van der Waals surface area contributed by atoms with Gasteiger partial charge in [0.25, 0.3) is 5.91 Å². The maximum atomic E-state index is 12.8. The van der Waals surface area contributed by atoms with Crippen LogP contribution in [-0.4, -0.2) is 20.8 Å². The Kier molecular flexibility index (Phi) is 2.79. The number of aromatic nitrogens is 2. The molecule has 0 saturated heterocycles. The van der Waals surface area contributed by atoms with Crippen LogP contribution in [0.5, 0.6) is 0 Å². The Hall–Kier alpha value is -3.47. The highest BCUT2D eigenvalue weighted by Gasteiger charge is 2.34. The van der Waals surface area contributed by atoms with E-state index in [4.69, 9.17) is 10.7 Å². The number of hydrogen-bond acceptors (Lipinski definition) is 4. The van der Waals surface area contributed by atoms with Crippen LogP contribution in [0.15, 0.2) is 66.7 Å². The fourth-order valence-electron chi connectivity index (χ4n) is 3.41. The van der Waals surface area contributed by atoms with Gasteiger partial charge in [-0.15, -0.1) is 0 Å². The summed E-state index contributed by atoms with van der Waals surface area (Å²) < 4.78 is 0. The Bertz CT molecular complexity index is 1100. The van der Waals surface area contributed by atoms with Crippen molar-refractivity contribution in [3.63, 3.8) is 0 Å². The quantitative estimate of drug-likeness (QED) is 0.784. The minimum Gasteiger partial charge on any atom is -0.397 e. The molecule has 2 aromatic heterocycles. The Labute approximate surface area is 144 Å². The lowest BCUT2D eigenvalue weighted by Crippen LogP contribution is -2.24. The first-order valence-corrected chi connectivity index (χ1v) is 8.06. The number of benzene rings is 1. The highest BCUT2D eigenvalue weighted by atomic mass is 16.2. The van der Waals surface area contributed by atoms with Crippen LogP contribution in [-0.2, 0) is 6.54 Å². The third-order valence-electron chi connectivity index (χ3n) is 4.73. The van der Waals surface area contributed by atoms with Gasteiger partial charge < -0.3 is 10.6 Å². The topological polar surface area (TPSA) is 72.1 Å². The highest BCUT2D eigenvalue weighted by Crippen LogP contribution is 2.37. The normalized spacial score (nSPS) is 15.3. The molecule has 25 heavy (non-hydrogen) atoms. The molecule has 2 N–H and O–H groups in total. The van der Waals surface area contributed by atoms with Crippen molar-refractivity contribution >= 4 is 22.5 Å². The van der Waals surface area contributed by atoms with Crippen molar-refractivity contribution in [2.45, 2.75) is 6.54 Å². The lowest BCUT2D eigenvalue weighted by Gasteiger charge is -2.19. The van der Waals surface area contributed by atoms with Gasteiger partial charge in [-0.1, -0.05) is 24.3 Å². The molecule has 0 radical (unpaired) electrons. The summed E-state index contributed by atoms with van der Waals surface area (Å²) in [4.78, 5) is 23.4. The summed E-state index contributed by atoms with van der Waals surface area (Å²) in [7, 11) is 0. The number of pyridine rings is 2. The number of para-hydroxylation sites is 1. The fourth-order valence-corrected chi connectivity index (χ4v) is 3.41. The molecule has 5 heteroatoms. The van der Waals surface area contributed by atoms with Gasteiger partial charge in [0.1, 0.15) is 0 Å². The number of nitrogens with zero attached hydrogens (tertiary/aromatic N) is 3. The van der Waals surface area contributed by atoms with Crippen LogP contribution in [0.25, 0.3) is 22.0 Å². The molecule has 0 saturated carbocycles. The minimum atomic E-state index is -0.0770. The van der Waals surface area contributed by atoms with Crippen LogP contribution in [0.2, 0.25) is 0 Å². The largest absolute Gasteiger partial charge is 0.397 e. The number of hydrogen-bond donors (Lipinski definition) is 1. The SMILES string of the molecule is Nc1c2c(nc3c(-c4ccncc4)cccc13)CN(C1=CC=C1)C2=O. The predicted molar refractivity (Wildman–Crippen MR) is 96.5 cm³/mol. The van der Waals surface area contributed by atoms with Gasteiger partial charge in [-0.05, 0) is 29.8 Å². The molecular weight excluding hydrogens is 312 g/mol. The average Bonchev–Trinajstić information content (AvgIpc) is 2.91. The molecule has 0 spiro atoms. The van der Waals surface area contributed by atoms with Crippen molar-refractivity contribution < 1.29 is 4.79 Å². The summed E-state index contributed by atoms with van der Waals surface area (Å²) >= 11 is 0. The Balaban J connectivity index is 1.74. The molecular formula is C20H14N4O. The number of allylic oxidation sites excluding steroid dienone is 3. The van der Waals surface area contributed by atoms with E-state index in [0.29, 0.717) is 17.8 Å². The van der Waals surface area contributed by atoms with E-state index in [1.807, 2.05) is 48.6 Å². The molecule has 1 amide bonds. The average molecular weight is 326 g/mol. The number of nitrogens with two attached hydrogens (primary N) is 1. The van der Waals surface area contributed by atoms with Crippen molar-refractivity contribution in [2.75, 3.05) is 5.73 Å². The molecule has 0 bridgehead atoms. The highest BCUT2D eigenvalue weighted by molar-refractivity contribution is 6.12. The van der Waals surface area contributed by atoms with Crippen LogP contribution in [0.4, 0.5) is 5.69 Å². The third kappa shape index (κ3) is 1.92. The molecule has 3 aromatic rings. The molecule has 5 nitrogen and oxygen atoms in total. The van der Waals surface area contributed by atoms with Gasteiger partial charge in [0.05, 0.1) is 29.0 Å². The Morgan fingerprint density at radius 3 is 2.64 bits per heavy atom. The summed E-state index contributed by atoms with van der Waals surface area (Å²) in [5.74, 6) is -0.0770. The molecule has 2 aliphatic rings. The molecule has 120 valence electrons. The fraction of sp³-hybridized carbons (Fsp3) is 0.0500. The zero-order valence-electron chi connectivity index (χ0n) is 13.3. The van der Waals surface area contributed by atoms with Crippen LogP contribution >= 0.6 is 0 Å². The van der Waals surface area contributed by atoms with E-state index in [-0.39, 0.29) is 5.91 Å². The van der Waals surface area contributed by atoms with Crippen LogP contribution in [0.3, 0.4) is 0 Å². The van der Waals surface area contributed by atoms with Gasteiger partial charge in [-0.25, -0.2) is 4.98 Å². The van der Waals surface area contributed by atoms with E-state index >= 15 is 0 Å². The molecule has 0 atom stereocenters. The number of anilines is 1. The predicted octanol–water partition coefficient (Wildman–Crippen LogP) is 3.29. The molecule has 0 fully saturated rings. The van der Waals surface area contributed by atoms with Crippen LogP contribution in [0, 0.1) is 0 Å². The standard InChI is InChI=1S/C20H14N4O/c21-18-15-6-2-5-14(12-7-9-22-10-8-12)19(15)23-16-11-24(13-3-1-4-13)20(25)17(16)18/h1-10H,11H2,(H2,21,23). The van der Waals surface area contributed by atoms with E-state index in [2.05, 4.69) is 4.98 Å². The first-order chi connectivity index (χ1) is 12.2. The monoisotopic (exact) mass is 326 g/mol. The molecule has 0 unspecified atom stereocenters. The summed E-state index contributed by atoms with van der Waals surface area (Å²) in [5, 5.41) is 0.807. The van der Waals surface area contributed by atoms with E-state index in [1.165, 1.54) is 0 Å². The Morgan fingerprint density at radius 1 is 1.12 bits per heavy atom. The summed E-state index contributed by atoms with van der Waals surface area (Å²) in [6.45, 7) is 0.454. The number of nitrogen functional groups attached to an aromatic ring is 1. The van der Waals surface area contributed by atoms with Crippen molar-refractivity contribution in [3.05, 3.63) is 77.9 Å². The summed E-state index contributed by atoms with van der Waals surface area (Å²) in [6.07, 6.45) is 9.27. The van der Waals surface area contributed by atoms with Gasteiger partial charge in [0.15, 0.2) is 0 Å². The van der Waals surface area contributed by atoms with E-state index < -0.39 is 0 Å². The van der Waals surface area contributed by atoms with E-state index in [1.54, 1.807) is 17.3 Å². The van der Waals surface area contributed by atoms with Crippen molar-refractivity contribution in [2.24, 2.45) is 0 Å². The zero-order valence-corrected chi connectivity index (χ0v) is 13.3. The lowest BCUT2D eigenvalue weighted by molar-refractivity contribution is 0.0831. The zero-order chi connectivity index (χ0) is 17.0. The second kappa shape index (κ2) is 5.01. The first kappa shape index (κ1) is 13.9. The first-order valence-electron chi connectivity index (χ1n) is 8.06. The summed E-state index contributed by atoms with van der Waals surface area (Å²) in [5.41, 5.74) is 11.9. The smallest absolute Gasteiger partial charge is 0.262 e. The van der Waals surface area contributed by atoms with Crippen molar-refractivity contribution in [1.29, 1.82) is 0 Å². The van der Waals surface area contributed by atoms with Gasteiger partial charge in [0.2, 0.25) is 0 Å². The van der Waals surface area contributed by atoms with E-state index in [9.17, 15) is 4.79 Å². The molecule has 5 rings (SSSR count). The van der Waals surface area contributed by atoms with Crippen LogP contribution < -0.4 is 5.73 Å². The van der Waals surface area contributed by atoms with Crippen LogP contribution in [0.1, 0.15) is 16.1 Å².